The molecule has 0 spiro atoms. The molecule has 1 fully saturated rings. The van der Waals surface area contributed by atoms with Crippen molar-refractivity contribution in [2.75, 3.05) is 6.54 Å². The molecule has 1 aromatic rings. The topological polar surface area (TPSA) is 136 Å². The molecule has 1 aliphatic heterocycles. The van der Waals surface area contributed by atoms with Crippen molar-refractivity contribution in [3.63, 3.8) is 0 Å². The minimum Gasteiger partial charge on any atom is -0.371 e. The van der Waals surface area contributed by atoms with Crippen LogP contribution >= 0.6 is 0 Å². The average Bonchev–Trinajstić information content (AvgIpc) is 2.54. The van der Waals surface area contributed by atoms with Crippen molar-refractivity contribution in [1.29, 1.82) is 0 Å². The average molecular weight is 304 g/mol. The number of nitrogens with zero attached hydrogens (tertiary/aromatic N) is 6. The summed E-state index contributed by atoms with van der Waals surface area (Å²) in [5, 5.41) is 16.8. The molecule has 0 saturated carbocycles. The SMILES string of the molecule is [N-]=[N+]=NC[C@H]1OC(O)[C@H](N=[N+]=[N-])C[C@@H]1OCc1ccccc1. The highest BCUT2D eigenvalue weighted by molar-refractivity contribution is 5.13. The number of hydrogen-bond donors (Lipinski definition) is 1. The summed E-state index contributed by atoms with van der Waals surface area (Å²) in [4.78, 5) is 5.39. The maximum atomic E-state index is 9.80. The standard InChI is InChI=1S/C13H16N6O3/c14-18-16-7-12-11(6-10(17-19-15)13(20)22-12)21-8-9-4-2-1-3-5-9/h1-5,10-13,20H,6-8H2/t10-,11+,12-,13?/m1/s1. The lowest BCUT2D eigenvalue weighted by molar-refractivity contribution is -0.216. The molecule has 1 saturated heterocycles. The van der Waals surface area contributed by atoms with Crippen LogP contribution in [0.2, 0.25) is 0 Å². The third-order valence-electron chi connectivity index (χ3n) is 3.36. The van der Waals surface area contributed by atoms with Crippen LogP contribution in [0.25, 0.3) is 20.9 Å². The zero-order chi connectivity index (χ0) is 15.8. The summed E-state index contributed by atoms with van der Waals surface area (Å²) in [6.45, 7) is 0.386. The molecule has 116 valence electrons. The fraction of sp³-hybridized carbons (Fsp3) is 0.538. The van der Waals surface area contributed by atoms with Crippen LogP contribution < -0.4 is 0 Å². The molecule has 1 aliphatic rings. The van der Waals surface area contributed by atoms with Crippen molar-refractivity contribution in [1.82, 2.24) is 0 Å². The van der Waals surface area contributed by atoms with Crippen LogP contribution in [-0.4, -0.2) is 36.2 Å². The molecule has 1 aromatic carbocycles. The molecule has 0 aliphatic carbocycles. The highest BCUT2D eigenvalue weighted by Gasteiger charge is 2.37. The van der Waals surface area contributed by atoms with Gasteiger partial charge < -0.3 is 14.6 Å². The molecule has 0 bridgehead atoms. The van der Waals surface area contributed by atoms with E-state index >= 15 is 0 Å². The Morgan fingerprint density at radius 1 is 1.27 bits per heavy atom. The van der Waals surface area contributed by atoms with E-state index in [-0.39, 0.29) is 6.54 Å². The Morgan fingerprint density at radius 3 is 2.73 bits per heavy atom. The van der Waals surface area contributed by atoms with E-state index in [2.05, 4.69) is 20.1 Å². The van der Waals surface area contributed by atoms with Crippen LogP contribution in [0, 0.1) is 0 Å². The molecule has 1 unspecified atom stereocenters. The van der Waals surface area contributed by atoms with E-state index in [1.807, 2.05) is 30.3 Å². The van der Waals surface area contributed by atoms with Gasteiger partial charge in [-0.1, -0.05) is 40.6 Å². The van der Waals surface area contributed by atoms with Gasteiger partial charge in [0, 0.05) is 9.82 Å². The van der Waals surface area contributed by atoms with E-state index < -0.39 is 24.5 Å². The molecule has 1 heterocycles. The first kappa shape index (κ1) is 16.1. The Balaban J connectivity index is 2.04. The zero-order valence-corrected chi connectivity index (χ0v) is 11.8. The second-order valence-electron chi connectivity index (χ2n) is 4.82. The maximum Gasteiger partial charge on any atom is 0.163 e. The third-order valence-corrected chi connectivity index (χ3v) is 3.36. The molecule has 9 nitrogen and oxygen atoms in total. The zero-order valence-electron chi connectivity index (χ0n) is 11.8. The number of rotatable bonds is 6. The van der Waals surface area contributed by atoms with Crippen molar-refractivity contribution in [3.8, 4) is 0 Å². The predicted molar refractivity (Wildman–Crippen MR) is 77.5 cm³/mol. The Morgan fingerprint density at radius 2 is 2.05 bits per heavy atom. The predicted octanol–water partition coefficient (Wildman–Crippen LogP) is 2.67. The largest absolute Gasteiger partial charge is 0.371 e. The molecular formula is C13H16N6O3. The first-order valence-electron chi connectivity index (χ1n) is 6.78. The molecule has 0 amide bonds. The number of azide groups is 2. The maximum absolute atomic E-state index is 9.80. The minimum absolute atomic E-state index is 0.0377. The molecule has 22 heavy (non-hydrogen) atoms. The first-order chi connectivity index (χ1) is 10.7. The number of aliphatic hydroxyl groups excluding tert-OH is 1. The summed E-state index contributed by atoms with van der Waals surface area (Å²) < 4.78 is 11.2. The van der Waals surface area contributed by atoms with E-state index in [4.69, 9.17) is 20.5 Å². The van der Waals surface area contributed by atoms with Gasteiger partial charge in [-0.25, -0.2) is 0 Å². The van der Waals surface area contributed by atoms with E-state index in [1.54, 1.807) is 0 Å². The van der Waals surface area contributed by atoms with E-state index in [1.165, 1.54) is 0 Å². The number of ether oxygens (including phenoxy) is 2. The van der Waals surface area contributed by atoms with Crippen LogP contribution in [0.15, 0.2) is 40.6 Å². The molecule has 4 atom stereocenters. The Labute approximate surface area is 126 Å². The van der Waals surface area contributed by atoms with Gasteiger partial charge in [-0.05, 0) is 23.0 Å². The second kappa shape index (κ2) is 8.23. The Kier molecular flexibility index (Phi) is 6.02. The highest BCUT2D eigenvalue weighted by atomic mass is 16.6. The first-order valence-corrected chi connectivity index (χ1v) is 6.78. The van der Waals surface area contributed by atoms with Crippen LogP contribution in [0.3, 0.4) is 0 Å². The summed E-state index contributed by atoms with van der Waals surface area (Å²) >= 11 is 0. The minimum atomic E-state index is -1.23. The van der Waals surface area contributed by atoms with Gasteiger partial charge in [-0.15, -0.1) is 0 Å². The van der Waals surface area contributed by atoms with Gasteiger partial charge in [0.25, 0.3) is 0 Å². The lowest BCUT2D eigenvalue weighted by Crippen LogP contribution is -2.48. The summed E-state index contributed by atoms with van der Waals surface area (Å²) in [5.41, 5.74) is 17.9. The summed E-state index contributed by atoms with van der Waals surface area (Å²) in [6, 6.07) is 8.83. The highest BCUT2D eigenvalue weighted by Crippen LogP contribution is 2.25. The van der Waals surface area contributed by atoms with Gasteiger partial charge in [0.2, 0.25) is 0 Å². The van der Waals surface area contributed by atoms with Crippen LogP contribution in [0.4, 0.5) is 0 Å². The molecular weight excluding hydrogens is 288 g/mol. The van der Waals surface area contributed by atoms with Crippen molar-refractivity contribution < 1.29 is 14.6 Å². The van der Waals surface area contributed by atoms with Crippen molar-refractivity contribution >= 4 is 0 Å². The fourth-order valence-electron chi connectivity index (χ4n) is 2.26. The lowest BCUT2D eigenvalue weighted by Gasteiger charge is -2.37. The van der Waals surface area contributed by atoms with E-state index in [0.29, 0.717) is 13.0 Å². The van der Waals surface area contributed by atoms with Crippen molar-refractivity contribution in [2.45, 2.75) is 37.6 Å². The van der Waals surface area contributed by atoms with Crippen molar-refractivity contribution in [2.24, 2.45) is 10.2 Å². The smallest absolute Gasteiger partial charge is 0.163 e. The molecule has 2 rings (SSSR count). The number of hydrogen-bond acceptors (Lipinski definition) is 5. The summed E-state index contributed by atoms with van der Waals surface area (Å²) in [7, 11) is 0. The van der Waals surface area contributed by atoms with Gasteiger partial charge in [0.05, 0.1) is 31.4 Å². The molecule has 0 aromatic heterocycles. The van der Waals surface area contributed by atoms with Gasteiger partial charge in [-0.3, -0.25) is 0 Å². The molecule has 9 heteroatoms. The van der Waals surface area contributed by atoms with Crippen LogP contribution in [0.5, 0.6) is 0 Å². The van der Waals surface area contributed by atoms with Crippen molar-refractivity contribution in [3.05, 3.63) is 56.8 Å². The van der Waals surface area contributed by atoms with E-state index in [0.717, 1.165) is 5.56 Å². The summed E-state index contributed by atoms with van der Waals surface area (Å²) in [5.74, 6) is 0. The Hall–Kier alpha value is -2.28. The monoisotopic (exact) mass is 304 g/mol. The number of benzene rings is 1. The second-order valence-corrected chi connectivity index (χ2v) is 4.82. The van der Waals surface area contributed by atoms with E-state index in [9.17, 15) is 5.11 Å². The van der Waals surface area contributed by atoms with Crippen LogP contribution in [-0.2, 0) is 16.1 Å². The van der Waals surface area contributed by atoms with Gasteiger partial charge in [0.15, 0.2) is 6.29 Å². The fourth-order valence-corrected chi connectivity index (χ4v) is 2.26. The molecule has 1 N–H and O–H groups in total. The quantitative estimate of drug-likeness (QED) is 0.491. The van der Waals surface area contributed by atoms with Gasteiger partial charge in [0.1, 0.15) is 0 Å². The van der Waals surface area contributed by atoms with Crippen LogP contribution in [0.1, 0.15) is 12.0 Å². The number of aliphatic hydroxyl groups is 1. The van der Waals surface area contributed by atoms with Gasteiger partial charge >= 0.3 is 0 Å². The summed E-state index contributed by atoms with van der Waals surface area (Å²) in [6.07, 6.45) is -1.96. The normalized spacial score (nSPS) is 27.5. The third kappa shape index (κ3) is 4.36. The van der Waals surface area contributed by atoms with Gasteiger partial charge in [-0.2, -0.15) is 0 Å². The lowest BCUT2D eigenvalue weighted by atomic mass is 10.0. The Bertz CT molecular complexity index is 570. The molecule has 0 radical (unpaired) electrons.